The molecule has 0 radical (unpaired) electrons. The molecule has 0 amide bonds. The Bertz CT molecular complexity index is 2640. The molecule has 9 aromatic rings. The molecule has 0 spiro atoms. The van der Waals surface area contributed by atoms with Gasteiger partial charge in [0.05, 0.1) is 33.3 Å². The summed E-state index contributed by atoms with van der Waals surface area (Å²) in [6.07, 6.45) is 1.94. The van der Waals surface area contributed by atoms with Crippen LogP contribution in [0.2, 0.25) is 0 Å². The van der Waals surface area contributed by atoms with Crippen molar-refractivity contribution in [3.63, 3.8) is 0 Å². The second-order valence-corrected chi connectivity index (χ2v) is 11.9. The lowest BCUT2D eigenvalue weighted by atomic mass is 9.95. The van der Waals surface area contributed by atoms with Gasteiger partial charge in [0.1, 0.15) is 5.82 Å². The first-order chi connectivity index (χ1) is 22.8. The number of hydrogen-bond donors (Lipinski definition) is 0. The van der Waals surface area contributed by atoms with Crippen LogP contribution >= 0.6 is 0 Å². The van der Waals surface area contributed by atoms with E-state index >= 15 is 0 Å². The van der Waals surface area contributed by atoms with Crippen LogP contribution in [-0.2, 0) is 0 Å². The Morgan fingerprint density at radius 1 is 0.478 bits per heavy atom. The largest absolute Gasteiger partial charge is 0.309 e. The number of pyridine rings is 2. The van der Waals surface area contributed by atoms with Gasteiger partial charge in [-0.3, -0.25) is 9.88 Å². The zero-order chi connectivity index (χ0) is 30.2. The molecule has 0 saturated heterocycles. The van der Waals surface area contributed by atoms with Crippen molar-refractivity contribution < 1.29 is 0 Å². The summed E-state index contributed by atoms with van der Waals surface area (Å²) in [7, 11) is 0. The van der Waals surface area contributed by atoms with Gasteiger partial charge < -0.3 is 4.57 Å². The summed E-state index contributed by atoms with van der Waals surface area (Å²) in [6.45, 7) is 0. The first-order valence-electron chi connectivity index (χ1n) is 15.6. The van der Waals surface area contributed by atoms with Crippen molar-refractivity contribution in [2.75, 3.05) is 4.90 Å². The lowest BCUT2D eigenvalue weighted by Crippen LogP contribution is -2.17. The number of para-hydroxylation sites is 3. The average molecular weight is 587 g/mol. The minimum atomic E-state index is 0.911. The van der Waals surface area contributed by atoms with Crippen LogP contribution in [0.5, 0.6) is 0 Å². The molecular weight excluding hydrogens is 560 g/mol. The molecule has 0 fully saturated rings. The fourth-order valence-corrected chi connectivity index (χ4v) is 7.31. The molecule has 10 rings (SSSR count). The first-order valence-corrected chi connectivity index (χ1v) is 15.6. The summed E-state index contributed by atoms with van der Waals surface area (Å²) in [6, 6.07) is 53.9. The Morgan fingerprint density at radius 2 is 1.24 bits per heavy atom. The topological polar surface area (TPSA) is 34.0 Å². The molecule has 4 heteroatoms. The summed E-state index contributed by atoms with van der Waals surface area (Å²) in [5.41, 5.74) is 11.1. The van der Waals surface area contributed by atoms with Gasteiger partial charge in [0.25, 0.3) is 0 Å². The molecule has 0 aliphatic carbocycles. The quantitative estimate of drug-likeness (QED) is 0.193. The van der Waals surface area contributed by atoms with Gasteiger partial charge >= 0.3 is 0 Å². The van der Waals surface area contributed by atoms with Gasteiger partial charge in [-0.05, 0) is 77.2 Å². The van der Waals surface area contributed by atoms with Gasteiger partial charge in [-0.15, -0.1) is 0 Å². The van der Waals surface area contributed by atoms with Crippen LogP contribution in [-0.4, -0.2) is 14.5 Å². The van der Waals surface area contributed by atoms with Crippen molar-refractivity contribution in [1.82, 2.24) is 14.5 Å². The summed E-state index contributed by atoms with van der Waals surface area (Å²) in [5, 5.41) is 5.81. The maximum Gasteiger partial charge on any atom is 0.148 e. The second kappa shape index (κ2) is 9.62. The van der Waals surface area contributed by atoms with E-state index in [2.05, 4.69) is 161 Å². The Kier molecular flexibility index (Phi) is 5.25. The highest BCUT2D eigenvalue weighted by Gasteiger charge is 2.29. The van der Waals surface area contributed by atoms with E-state index in [9.17, 15) is 0 Å². The molecule has 46 heavy (non-hydrogen) atoms. The van der Waals surface area contributed by atoms with E-state index in [-0.39, 0.29) is 0 Å². The third-order valence-electron chi connectivity index (χ3n) is 9.34. The van der Waals surface area contributed by atoms with E-state index in [1.54, 1.807) is 0 Å². The Morgan fingerprint density at radius 3 is 2.13 bits per heavy atom. The van der Waals surface area contributed by atoms with Crippen LogP contribution < -0.4 is 4.90 Å². The van der Waals surface area contributed by atoms with Gasteiger partial charge in [0.2, 0.25) is 0 Å². The van der Waals surface area contributed by atoms with Crippen LogP contribution in [0.3, 0.4) is 0 Å². The van der Waals surface area contributed by atoms with Gasteiger partial charge in [0, 0.05) is 39.3 Å². The van der Waals surface area contributed by atoms with Crippen LogP contribution in [0, 0.1) is 0 Å². The van der Waals surface area contributed by atoms with E-state index in [1.807, 2.05) is 6.20 Å². The van der Waals surface area contributed by atoms with Crippen LogP contribution in [0.4, 0.5) is 17.2 Å². The van der Waals surface area contributed by atoms with Crippen molar-refractivity contribution in [3.8, 4) is 28.1 Å². The standard InChI is InChI=1S/C42H26N4/c1-3-11-27(12-4-1)28-19-22-39-35(25-28)31-15-7-9-17-37(31)45(39)30-20-21-36-34(26-30)32-23-24-43-41-33-16-8-10-18-38(33)46(42(44-36)40(32)41)29-13-5-2-6-14-29/h1-26H. The molecule has 214 valence electrons. The highest BCUT2D eigenvalue weighted by Crippen LogP contribution is 2.50. The highest BCUT2D eigenvalue weighted by molar-refractivity contribution is 6.19. The molecule has 0 atom stereocenters. The molecule has 1 aliphatic rings. The van der Waals surface area contributed by atoms with Crippen LogP contribution in [0.25, 0.3) is 71.6 Å². The Hall–Kier alpha value is -6.26. The number of fused-ring (bicyclic) bond motifs is 7. The van der Waals surface area contributed by atoms with Crippen molar-refractivity contribution in [1.29, 1.82) is 0 Å². The normalized spacial score (nSPS) is 12.3. The minimum absolute atomic E-state index is 0.911. The molecule has 6 aromatic carbocycles. The van der Waals surface area contributed by atoms with E-state index in [0.717, 1.165) is 55.8 Å². The monoisotopic (exact) mass is 586 g/mol. The summed E-state index contributed by atoms with van der Waals surface area (Å²) in [4.78, 5) is 12.6. The predicted molar refractivity (Wildman–Crippen MR) is 190 cm³/mol. The first kappa shape index (κ1) is 25.1. The van der Waals surface area contributed by atoms with Gasteiger partial charge in [0.15, 0.2) is 0 Å². The number of hydrogen-bond acceptors (Lipinski definition) is 3. The van der Waals surface area contributed by atoms with Crippen LogP contribution in [0.1, 0.15) is 0 Å². The fraction of sp³-hybridized carbons (Fsp3) is 0. The number of nitrogens with zero attached hydrogens (tertiary/aromatic N) is 4. The third-order valence-corrected chi connectivity index (χ3v) is 9.34. The molecular formula is C42H26N4. The maximum atomic E-state index is 5.36. The molecule has 1 aliphatic heterocycles. The molecule has 0 saturated carbocycles. The third kappa shape index (κ3) is 3.55. The van der Waals surface area contributed by atoms with E-state index in [1.165, 1.54) is 32.9 Å². The fourth-order valence-electron chi connectivity index (χ4n) is 7.31. The maximum absolute atomic E-state index is 5.36. The smallest absolute Gasteiger partial charge is 0.148 e. The van der Waals surface area contributed by atoms with E-state index in [4.69, 9.17) is 9.97 Å². The van der Waals surface area contributed by atoms with Gasteiger partial charge in [-0.2, -0.15) is 0 Å². The second-order valence-electron chi connectivity index (χ2n) is 11.9. The summed E-state index contributed by atoms with van der Waals surface area (Å²) >= 11 is 0. The number of anilines is 3. The summed E-state index contributed by atoms with van der Waals surface area (Å²) < 4.78 is 2.39. The molecule has 0 unspecified atom stereocenters. The van der Waals surface area contributed by atoms with E-state index in [0.29, 0.717) is 0 Å². The molecule has 0 bridgehead atoms. The molecule has 4 heterocycles. The lowest BCUT2D eigenvalue weighted by molar-refractivity contribution is 1.18. The van der Waals surface area contributed by atoms with Crippen molar-refractivity contribution in [2.45, 2.75) is 0 Å². The van der Waals surface area contributed by atoms with Gasteiger partial charge in [-0.1, -0.05) is 91.0 Å². The number of rotatable bonds is 3. The van der Waals surface area contributed by atoms with Gasteiger partial charge in [-0.25, -0.2) is 4.98 Å². The lowest BCUT2D eigenvalue weighted by Gasteiger charge is -2.32. The Balaban J connectivity index is 1.24. The van der Waals surface area contributed by atoms with Crippen LogP contribution in [0.15, 0.2) is 158 Å². The molecule has 3 aromatic heterocycles. The van der Waals surface area contributed by atoms with Crippen molar-refractivity contribution in [3.05, 3.63) is 158 Å². The Labute approximate surface area is 265 Å². The number of aromatic nitrogens is 3. The van der Waals surface area contributed by atoms with Crippen molar-refractivity contribution >= 4 is 60.7 Å². The molecule has 0 N–H and O–H groups in total. The summed E-state index contributed by atoms with van der Waals surface area (Å²) in [5.74, 6) is 0.911. The highest BCUT2D eigenvalue weighted by atomic mass is 15.2. The zero-order valence-corrected chi connectivity index (χ0v) is 24.8. The van der Waals surface area contributed by atoms with E-state index < -0.39 is 0 Å². The predicted octanol–water partition coefficient (Wildman–Crippen LogP) is 11.0. The minimum Gasteiger partial charge on any atom is -0.309 e. The average Bonchev–Trinajstić information content (AvgIpc) is 3.46. The number of benzene rings is 6. The molecule has 4 nitrogen and oxygen atoms in total. The zero-order valence-electron chi connectivity index (χ0n) is 24.8. The van der Waals surface area contributed by atoms with Crippen molar-refractivity contribution in [2.24, 2.45) is 0 Å². The SMILES string of the molecule is c1ccc(-c2ccc3c(c2)c2ccccc2n3-c2ccc3nc4c5c(nccc5c3c2)-c2ccccc2N4c2ccccc2)cc1.